The van der Waals surface area contributed by atoms with Gasteiger partial charge in [-0.2, -0.15) is 0 Å². The van der Waals surface area contributed by atoms with Gasteiger partial charge in [0.05, 0.1) is 23.0 Å². The smallest absolute Gasteiger partial charge is 0.240 e. The topological polar surface area (TPSA) is 117 Å². The van der Waals surface area contributed by atoms with Crippen LogP contribution >= 0.6 is 11.6 Å². The van der Waals surface area contributed by atoms with Crippen LogP contribution in [0.5, 0.6) is 0 Å². The number of sulfonamides is 1. The van der Waals surface area contributed by atoms with Gasteiger partial charge in [-0.25, -0.2) is 8.42 Å². The van der Waals surface area contributed by atoms with Crippen LogP contribution in [-0.4, -0.2) is 60.3 Å². The quantitative estimate of drug-likeness (QED) is 0.495. The molecule has 184 valence electrons. The molecule has 12 heteroatoms. The molecular formula is C21H32ClN5O5S. The summed E-state index contributed by atoms with van der Waals surface area (Å²) < 4.78 is 47.7. The molecule has 1 fully saturated rings. The SMILES string of the molecule is COCCC(OC)n1c(NS(=O)(=O)[C@@H](C)[C@H](C)c2ccc(Cl)cn2)nnc1[C@@H]1CC[C@H](C)O1. The number of rotatable bonds is 11. The minimum atomic E-state index is -3.85. The highest BCUT2D eigenvalue weighted by Crippen LogP contribution is 2.35. The van der Waals surface area contributed by atoms with Gasteiger partial charge in [0.2, 0.25) is 16.0 Å². The zero-order valence-electron chi connectivity index (χ0n) is 19.6. The fraction of sp³-hybridized carbons (Fsp3) is 0.667. The summed E-state index contributed by atoms with van der Waals surface area (Å²) in [7, 11) is -0.701. The predicted octanol–water partition coefficient (Wildman–Crippen LogP) is 3.68. The molecule has 1 saturated heterocycles. The summed E-state index contributed by atoms with van der Waals surface area (Å²) in [4.78, 5) is 4.27. The van der Waals surface area contributed by atoms with Crippen LogP contribution in [0.25, 0.3) is 0 Å². The number of nitrogens with one attached hydrogen (secondary N) is 1. The molecule has 1 aliphatic rings. The molecule has 0 bridgehead atoms. The molecule has 10 nitrogen and oxygen atoms in total. The van der Waals surface area contributed by atoms with E-state index >= 15 is 0 Å². The van der Waals surface area contributed by atoms with Crippen molar-refractivity contribution in [1.29, 1.82) is 0 Å². The van der Waals surface area contributed by atoms with Crippen LogP contribution in [0.15, 0.2) is 18.3 Å². The number of pyridine rings is 1. The van der Waals surface area contributed by atoms with E-state index in [4.69, 9.17) is 25.8 Å². The Morgan fingerprint density at radius 1 is 1.27 bits per heavy atom. The van der Waals surface area contributed by atoms with E-state index in [1.807, 2.05) is 6.92 Å². The van der Waals surface area contributed by atoms with Crippen molar-refractivity contribution >= 4 is 27.6 Å². The van der Waals surface area contributed by atoms with Gasteiger partial charge in [0.25, 0.3) is 0 Å². The number of hydrogen-bond acceptors (Lipinski definition) is 8. The van der Waals surface area contributed by atoms with Crippen LogP contribution in [0.3, 0.4) is 0 Å². The Hall–Kier alpha value is -1.79. The molecule has 1 unspecified atom stereocenters. The van der Waals surface area contributed by atoms with E-state index in [0.717, 1.165) is 12.8 Å². The van der Waals surface area contributed by atoms with Gasteiger partial charge < -0.3 is 14.2 Å². The minimum Gasteiger partial charge on any atom is -0.385 e. The molecule has 0 amide bonds. The van der Waals surface area contributed by atoms with Gasteiger partial charge in [0, 0.05) is 38.4 Å². The van der Waals surface area contributed by atoms with E-state index in [1.165, 1.54) is 6.20 Å². The van der Waals surface area contributed by atoms with Crippen LogP contribution in [0.2, 0.25) is 5.02 Å². The van der Waals surface area contributed by atoms with Crippen LogP contribution < -0.4 is 4.72 Å². The monoisotopic (exact) mass is 501 g/mol. The minimum absolute atomic E-state index is 0.0826. The predicted molar refractivity (Wildman–Crippen MR) is 125 cm³/mol. The Morgan fingerprint density at radius 2 is 2.03 bits per heavy atom. The van der Waals surface area contributed by atoms with Crippen LogP contribution in [0, 0.1) is 0 Å². The summed E-state index contributed by atoms with van der Waals surface area (Å²) in [5, 5.41) is 8.13. The Kier molecular flexibility index (Phi) is 8.68. The highest BCUT2D eigenvalue weighted by Gasteiger charge is 2.35. The standard InChI is InChI=1S/C21H32ClN5O5S/c1-13-6-9-18(32-13)20-24-25-21(27(20)19(31-5)10-11-30-4)26-33(28,29)15(3)14(2)17-8-7-16(22)12-23-17/h7-8,12-15,18-19H,6,9-11H2,1-5H3,(H,25,26)/t13-,14-,15-,18-,19?/m0/s1. The number of hydrogen-bond donors (Lipinski definition) is 1. The maximum Gasteiger partial charge on any atom is 0.240 e. The summed E-state index contributed by atoms with van der Waals surface area (Å²) in [5.41, 5.74) is 0.627. The molecule has 0 aliphatic carbocycles. The summed E-state index contributed by atoms with van der Waals surface area (Å²) >= 11 is 5.91. The van der Waals surface area contributed by atoms with E-state index < -0.39 is 21.5 Å². The van der Waals surface area contributed by atoms with E-state index in [-0.39, 0.29) is 24.1 Å². The zero-order chi connectivity index (χ0) is 24.2. The number of methoxy groups -OCH3 is 2. The molecule has 0 aromatic carbocycles. The summed E-state index contributed by atoms with van der Waals surface area (Å²) in [6.45, 7) is 5.85. The molecule has 0 saturated carbocycles. The molecule has 1 aliphatic heterocycles. The average Bonchev–Trinajstić information content (AvgIpc) is 3.40. The van der Waals surface area contributed by atoms with Crippen molar-refractivity contribution in [2.24, 2.45) is 0 Å². The van der Waals surface area contributed by atoms with Gasteiger partial charge in [0.15, 0.2) is 5.82 Å². The average molecular weight is 502 g/mol. The molecule has 2 aromatic heterocycles. The Balaban J connectivity index is 1.90. The Morgan fingerprint density at radius 3 is 2.61 bits per heavy atom. The normalized spacial score (nSPS) is 21.6. The molecule has 1 N–H and O–H groups in total. The van der Waals surface area contributed by atoms with Crippen LogP contribution in [0.1, 0.15) is 69.8 Å². The second-order valence-corrected chi connectivity index (χ2v) is 10.8. The van der Waals surface area contributed by atoms with Gasteiger partial charge in [-0.15, -0.1) is 10.2 Å². The lowest BCUT2D eigenvalue weighted by Gasteiger charge is -2.24. The van der Waals surface area contributed by atoms with E-state index in [1.54, 1.807) is 44.8 Å². The second-order valence-electron chi connectivity index (χ2n) is 8.28. The van der Waals surface area contributed by atoms with Crippen molar-refractivity contribution in [3.63, 3.8) is 0 Å². The first-order chi connectivity index (χ1) is 15.7. The van der Waals surface area contributed by atoms with Crippen LogP contribution in [-0.2, 0) is 24.2 Å². The van der Waals surface area contributed by atoms with Gasteiger partial charge in [-0.3, -0.25) is 14.3 Å². The maximum absolute atomic E-state index is 13.3. The molecule has 0 spiro atoms. The third-order valence-corrected chi connectivity index (χ3v) is 8.09. The molecule has 0 radical (unpaired) electrons. The van der Waals surface area contributed by atoms with E-state index in [0.29, 0.717) is 29.6 Å². The summed E-state index contributed by atoms with van der Waals surface area (Å²) in [5.74, 6) is 0.223. The van der Waals surface area contributed by atoms with Gasteiger partial charge in [0.1, 0.15) is 12.3 Å². The Bertz CT molecular complexity index is 1020. The third-order valence-electron chi connectivity index (χ3n) is 6.02. The third kappa shape index (κ3) is 6.02. The number of ether oxygens (including phenoxy) is 3. The lowest BCUT2D eigenvalue weighted by molar-refractivity contribution is 0.00194. The number of nitrogens with zero attached hydrogens (tertiary/aromatic N) is 4. The number of halogens is 1. The highest BCUT2D eigenvalue weighted by atomic mass is 35.5. The van der Waals surface area contributed by atoms with Crippen molar-refractivity contribution in [1.82, 2.24) is 19.7 Å². The highest BCUT2D eigenvalue weighted by molar-refractivity contribution is 7.93. The zero-order valence-corrected chi connectivity index (χ0v) is 21.1. The first-order valence-corrected chi connectivity index (χ1v) is 12.8. The molecular weight excluding hydrogens is 470 g/mol. The fourth-order valence-electron chi connectivity index (χ4n) is 3.83. The molecule has 33 heavy (non-hydrogen) atoms. The largest absolute Gasteiger partial charge is 0.385 e. The second kappa shape index (κ2) is 11.1. The molecule has 2 aromatic rings. The van der Waals surface area contributed by atoms with Gasteiger partial charge in [-0.05, 0) is 38.8 Å². The van der Waals surface area contributed by atoms with E-state index in [9.17, 15) is 8.42 Å². The van der Waals surface area contributed by atoms with Crippen molar-refractivity contribution < 1.29 is 22.6 Å². The molecule has 3 rings (SSSR count). The number of aromatic nitrogens is 4. The van der Waals surface area contributed by atoms with E-state index in [2.05, 4.69) is 19.9 Å². The van der Waals surface area contributed by atoms with Gasteiger partial charge in [-0.1, -0.05) is 18.5 Å². The lowest BCUT2D eigenvalue weighted by atomic mass is 10.0. The number of anilines is 1. The van der Waals surface area contributed by atoms with Crippen molar-refractivity contribution in [2.75, 3.05) is 25.5 Å². The van der Waals surface area contributed by atoms with Crippen molar-refractivity contribution in [3.05, 3.63) is 34.9 Å². The van der Waals surface area contributed by atoms with Crippen molar-refractivity contribution in [3.8, 4) is 0 Å². The van der Waals surface area contributed by atoms with Gasteiger partial charge >= 0.3 is 0 Å². The summed E-state index contributed by atoms with van der Waals surface area (Å²) in [6, 6.07) is 3.42. The van der Waals surface area contributed by atoms with Crippen LogP contribution in [0.4, 0.5) is 5.95 Å². The Labute approximate surface area is 200 Å². The molecule has 5 atom stereocenters. The fourth-order valence-corrected chi connectivity index (χ4v) is 5.19. The lowest BCUT2D eigenvalue weighted by Crippen LogP contribution is -2.32. The summed E-state index contributed by atoms with van der Waals surface area (Å²) in [6.07, 6.45) is 2.91. The first-order valence-electron chi connectivity index (χ1n) is 10.9. The van der Waals surface area contributed by atoms with Crippen molar-refractivity contribution in [2.45, 2.75) is 69.6 Å². The first kappa shape index (κ1) is 25.8. The molecule has 3 heterocycles. The maximum atomic E-state index is 13.3.